The van der Waals surface area contributed by atoms with E-state index >= 15 is 0 Å². The third-order valence-electron chi connectivity index (χ3n) is 4.06. The van der Waals surface area contributed by atoms with E-state index in [-0.39, 0.29) is 41.2 Å². The number of hydrogen-bond acceptors (Lipinski definition) is 3. The molecule has 0 spiro atoms. The fraction of sp³-hybridized carbons (Fsp3) is 0.471. The van der Waals surface area contributed by atoms with Gasteiger partial charge >= 0.3 is 0 Å². The summed E-state index contributed by atoms with van der Waals surface area (Å²) in [5.41, 5.74) is -0.154. The van der Waals surface area contributed by atoms with Gasteiger partial charge in [-0.15, -0.1) is 0 Å². The molecule has 0 saturated carbocycles. The molecule has 1 aliphatic rings. The average Bonchev–Trinajstić information content (AvgIpc) is 2.53. The summed E-state index contributed by atoms with van der Waals surface area (Å²) in [6.45, 7) is 2.47. The molecule has 1 saturated heterocycles. The van der Waals surface area contributed by atoms with Crippen molar-refractivity contribution in [2.24, 2.45) is 0 Å². The Morgan fingerprint density at radius 2 is 1.92 bits per heavy atom. The Bertz CT molecular complexity index is 622. The van der Waals surface area contributed by atoms with Crippen molar-refractivity contribution >= 4 is 29.2 Å². The Morgan fingerprint density at radius 3 is 2.50 bits per heavy atom. The number of nitrogens with one attached hydrogen (secondary N) is 1. The van der Waals surface area contributed by atoms with Crippen LogP contribution in [-0.2, 0) is 9.59 Å². The molecule has 0 aliphatic carbocycles. The van der Waals surface area contributed by atoms with Crippen molar-refractivity contribution in [3.8, 4) is 0 Å². The minimum Gasteiger partial charge on any atom is -0.349 e. The number of nitrogens with zero attached hydrogens (tertiary/aromatic N) is 1. The number of Topliss-reactive ketones (excluding diaryl/α,β-unsaturated/α-hetero) is 1. The lowest BCUT2D eigenvalue weighted by atomic mass is 10.0. The van der Waals surface area contributed by atoms with Crippen molar-refractivity contribution in [3.05, 3.63) is 34.6 Å². The lowest BCUT2D eigenvalue weighted by molar-refractivity contribution is -0.133. The fourth-order valence-electron chi connectivity index (χ4n) is 2.69. The van der Waals surface area contributed by atoms with Crippen molar-refractivity contribution < 1.29 is 18.8 Å². The van der Waals surface area contributed by atoms with Crippen LogP contribution in [-0.4, -0.2) is 41.6 Å². The van der Waals surface area contributed by atoms with Crippen LogP contribution in [0.5, 0.6) is 0 Å². The highest BCUT2D eigenvalue weighted by Gasteiger charge is 2.25. The van der Waals surface area contributed by atoms with Gasteiger partial charge in [-0.05, 0) is 31.9 Å². The number of carbonyl (C=O) groups excluding carboxylic acids is 3. The molecular formula is C17H20ClFN2O3. The summed E-state index contributed by atoms with van der Waals surface area (Å²) in [6.07, 6.45) is 1.64. The van der Waals surface area contributed by atoms with Crippen LogP contribution < -0.4 is 5.32 Å². The van der Waals surface area contributed by atoms with Crippen LogP contribution in [0.4, 0.5) is 4.39 Å². The Kier molecular flexibility index (Phi) is 6.31. The number of piperidine rings is 1. The second-order valence-electron chi connectivity index (χ2n) is 5.93. The lowest BCUT2D eigenvalue weighted by Gasteiger charge is -2.32. The molecule has 5 nitrogen and oxygen atoms in total. The van der Waals surface area contributed by atoms with Gasteiger partial charge in [-0.1, -0.05) is 17.7 Å². The molecule has 0 unspecified atom stereocenters. The minimum absolute atomic E-state index is 0.00716. The molecule has 0 radical (unpaired) electrons. The van der Waals surface area contributed by atoms with Crippen molar-refractivity contribution in [1.82, 2.24) is 10.2 Å². The van der Waals surface area contributed by atoms with Crippen molar-refractivity contribution in [2.75, 3.05) is 13.1 Å². The zero-order chi connectivity index (χ0) is 17.7. The quantitative estimate of drug-likeness (QED) is 0.883. The van der Waals surface area contributed by atoms with Gasteiger partial charge in [0.25, 0.3) is 5.91 Å². The van der Waals surface area contributed by atoms with Gasteiger partial charge in [0.05, 0.1) is 10.6 Å². The van der Waals surface area contributed by atoms with Crippen LogP contribution in [0.25, 0.3) is 0 Å². The maximum atomic E-state index is 13.7. The van der Waals surface area contributed by atoms with E-state index in [1.54, 1.807) is 4.90 Å². The molecule has 0 aromatic heterocycles. The average molecular weight is 355 g/mol. The summed E-state index contributed by atoms with van der Waals surface area (Å²) >= 11 is 5.89. The maximum Gasteiger partial charge on any atom is 0.255 e. The molecule has 0 bridgehead atoms. The first-order valence-corrected chi connectivity index (χ1v) is 8.28. The summed E-state index contributed by atoms with van der Waals surface area (Å²) in [4.78, 5) is 36.8. The molecule has 0 atom stereocenters. The van der Waals surface area contributed by atoms with Crippen LogP contribution in [0, 0.1) is 5.82 Å². The van der Waals surface area contributed by atoms with Gasteiger partial charge in [0.1, 0.15) is 11.6 Å². The summed E-state index contributed by atoms with van der Waals surface area (Å²) in [5, 5.41) is 2.84. The zero-order valence-electron chi connectivity index (χ0n) is 13.5. The van der Waals surface area contributed by atoms with E-state index < -0.39 is 11.7 Å². The molecular weight excluding hydrogens is 335 g/mol. The minimum atomic E-state index is -0.656. The van der Waals surface area contributed by atoms with Gasteiger partial charge < -0.3 is 15.0 Å². The van der Waals surface area contributed by atoms with Crippen LogP contribution in [0.3, 0.4) is 0 Å². The first-order chi connectivity index (χ1) is 11.4. The fourth-order valence-corrected chi connectivity index (χ4v) is 2.94. The number of ketones is 1. The largest absolute Gasteiger partial charge is 0.349 e. The molecule has 24 heavy (non-hydrogen) atoms. The van der Waals surface area contributed by atoms with E-state index in [9.17, 15) is 18.8 Å². The molecule has 130 valence electrons. The number of amides is 2. The molecule has 7 heteroatoms. The molecule has 1 aromatic carbocycles. The predicted molar refractivity (Wildman–Crippen MR) is 88.4 cm³/mol. The Balaban J connectivity index is 1.86. The Hall–Kier alpha value is -1.95. The zero-order valence-corrected chi connectivity index (χ0v) is 14.2. The second-order valence-corrected chi connectivity index (χ2v) is 6.33. The second kappa shape index (κ2) is 8.24. The molecule has 2 amide bonds. The number of hydrogen-bond donors (Lipinski definition) is 1. The summed E-state index contributed by atoms with van der Waals surface area (Å²) in [5.74, 6) is -1.25. The van der Waals surface area contributed by atoms with E-state index in [4.69, 9.17) is 11.6 Å². The highest BCUT2D eigenvalue weighted by molar-refractivity contribution is 6.33. The monoisotopic (exact) mass is 354 g/mol. The molecule has 2 rings (SSSR count). The number of benzene rings is 1. The van der Waals surface area contributed by atoms with Gasteiger partial charge in [0.15, 0.2) is 0 Å². The standard InChI is InChI=1S/C17H20ClFN2O3/c1-11(22)5-6-15(23)21-9-7-12(8-10-21)20-17(24)16-13(18)3-2-4-14(16)19/h2-4,12H,5-10H2,1H3,(H,20,24). The van der Waals surface area contributed by atoms with E-state index in [1.807, 2.05) is 0 Å². The SMILES string of the molecule is CC(=O)CCC(=O)N1CCC(NC(=O)c2c(F)cccc2Cl)CC1. The molecule has 1 heterocycles. The van der Waals surface area contributed by atoms with Gasteiger partial charge in [0, 0.05) is 32.0 Å². The van der Waals surface area contributed by atoms with E-state index in [2.05, 4.69) is 5.32 Å². The highest BCUT2D eigenvalue weighted by Crippen LogP contribution is 2.20. The number of halogens is 2. The Morgan fingerprint density at radius 1 is 1.25 bits per heavy atom. The van der Waals surface area contributed by atoms with E-state index in [0.717, 1.165) is 0 Å². The normalized spacial score (nSPS) is 15.2. The maximum absolute atomic E-state index is 13.7. The summed E-state index contributed by atoms with van der Waals surface area (Å²) < 4.78 is 13.7. The van der Waals surface area contributed by atoms with Crippen LogP contribution >= 0.6 is 11.6 Å². The van der Waals surface area contributed by atoms with Gasteiger partial charge in [-0.25, -0.2) is 4.39 Å². The first-order valence-electron chi connectivity index (χ1n) is 7.90. The highest BCUT2D eigenvalue weighted by atomic mass is 35.5. The van der Waals surface area contributed by atoms with Gasteiger partial charge in [-0.2, -0.15) is 0 Å². The summed E-state index contributed by atoms with van der Waals surface area (Å²) in [6, 6.07) is 3.97. The third kappa shape index (κ3) is 4.77. The van der Waals surface area contributed by atoms with Crippen molar-refractivity contribution in [3.63, 3.8) is 0 Å². The van der Waals surface area contributed by atoms with Gasteiger partial charge in [0.2, 0.25) is 5.91 Å². The van der Waals surface area contributed by atoms with E-state index in [1.165, 1.54) is 25.1 Å². The summed E-state index contributed by atoms with van der Waals surface area (Å²) in [7, 11) is 0. The molecule has 1 fully saturated rings. The van der Waals surface area contributed by atoms with E-state index in [0.29, 0.717) is 25.9 Å². The molecule has 1 N–H and O–H groups in total. The molecule has 1 aromatic rings. The topological polar surface area (TPSA) is 66.5 Å². The number of carbonyl (C=O) groups is 3. The number of likely N-dealkylation sites (tertiary alicyclic amines) is 1. The molecule has 1 aliphatic heterocycles. The predicted octanol–water partition coefficient (Wildman–Crippen LogP) is 2.57. The van der Waals surface area contributed by atoms with Crippen LogP contribution in [0.1, 0.15) is 43.0 Å². The van der Waals surface area contributed by atoms with Crippen molar-refractivity contribution in [2.45, 2.75) is 38.6 Å². The van der Waals surface area contributed by atoms with Crippen molar-refractivity contribution in [1.29, 1.82) is 0 Å². The lowest BCUT2D eigenvalue weighted by Crippen LogP contribution is -2.46. The van der Waals surface area contributed by atoms with Gasteiger partial charge in [-0.3, -0.25) is 9.59 Å². The van der Waals surface area contributed by atoms with Crippen LogP contribution in [0.2, 0.25) is 5.02 Å². The smallest absolute Gasteiger partial charge is 0.255 e. The van der Waals surface area contributed by atoms with Crippen LogP contribution in [0.15, 0.2) is 18.2 Å². The number of rotatable bonds is 5. The first kappa shape index (κ1) is 18.4. The third-order valence-corrected chi connectivity index (χ3v) is 4.38. The Labute approximate surface area is 145 Å².